The molecule has 6 nitrogen and oxygen atoms in total. The fourth-order valence-corrected chi connectivity index (χ4v) is 3.62. The molecule has 1 aliphatic rings. The third-order valence-electron chi connectivity index (χ3n) is 4.94. The summed E-state index contributed by atoms with van der Waals surface area (Å²) < 4.78 is 0. The maximum atomic E-state index is 4.80. The van der Waals surface area contributed by atoms with E-state index in [1.165, 1.54) is 22.1 Å². The van der Waals surface area contributed by atoms with Crippen molar-refractivity contribution in [2.24, 2.45) is 5.10 Å². The summed E-state index contributed by atoms with van der Waals surface area (Å²) >= 11 is 0. The van der Waals surface area contributed by atoms with Crippen molar-refractivity contribution in [1.82, 2.24) is 26.5 Å². The van der Waals surface area contributed by atoms with Gasteiger partial charge < -0.3 is 4.98 Å². The highest BCUT2D eigenvalue weighted by Gasteiger charge is 2.16. The number of amidine groups is 1. The minimum atomic E-state index is 0.680. The van der Waals surface area contributed by atoms with Gasteiger partial charge in [-0.05, 0) is 41.8 Å². The molecule has 5 rings (SSSR count). The van der Waals surface area contributed by atoms with E-state index in [2.05, 4.69) is 82.0 Å². The predicted molar refractivity (Wildman–Crippen MR) is 111 cm³/mol. The zero-order valence-corrected chi connectivity index (χ0v) is 15.5. The van der Waals surface area contributed by atoms with E-state index in [-0.39, 0.29) is 0 Å². The van der Waals surface area contributed by atoms with E-state index in [1.807, 2.05) is 18.2 Å². The van der Waals surface area contributed by atoms with Gasteiger partial charge >= 0.3 is 0 Å². The van der Waals surface area contributed by atoms with Gasteiger partial charge in [0.05, 0.1) is 5.69 Å². The lowest BCUT2D eigenvalue weighted by atomic mass is 10.00. The van der Waals surface area contributed by atoms with Crippen molar-refractivity contribution in [3.63, 3.8) is 0 Å². The maximum absolute atomic E-state index is 4.80. The molecule has 0 saturated heterocycles. The minimum absolute atomic E-state index is 0.680. The largest absolute Gasteiger partial charge is 0.354 e. The van der Waals surface area contributed by atoms with Crippen molar-refractivity contribution >= 4 is 16.7 Å². The molecule has 0 radical (unpaired) electrons. The number of nitrogens with zero attached hydrogens (tertiary/aromatic N) is 2. The molecule has 4 aromatic rings. The van der Waals surface area contributed by atoms with Gasteiger partial charge in [-0.15, -0.1) is 10.6 Å². The first-order valence-electron chi connectivity index (χ1n) is 9.24. The van der Waals surface area contributed by atoms with Crippen molar-refractivity contribution < 1.29 is 0 Å². The highest BCUT2D eigenvalue weighted by atomic mass is 15.8. The molecule has 2 aromatic heterocycles. The molecule has 2 aromatic carbocycles. The lowest BCUT2D eigenvalue weighted by molar-refractivity contribution is 0.577. The monoisotopic (exact) mass is 368 g/mol. The fraction of sp³-hybridized carbons (Fsp3) is 0.0909. The highest BCUT2D eigenvalue weighted by molar-refractivity contribution is 5.97. The second-order valence-corrected chi connectivity index (χ2v) is 6.91. The Balaban J connectivity index is 1.61. The van der Waals surface area contributed by atoms with Crippen LogP contribution in [0, 0.1) is 6.92 Å². The first-order valence-corrected chi connectivity index (χ1v) is 9.24. The molecule has 0 unspecified atom stereocenters. The van der Waals surface area contributed by atoms with Crippen LogP contribution < -0.4 is 16.5 Å². The standard InChI is InChI=1S/C22H20N6/c1-14-10-11-17-18(21(24-20(17)12-14)15-6-3-2-4-7-15)13-16-8-5-9-19(23-16)22-25-27-28-26-22/h2-12,24,27-28H,13H2,1H3,(H,25,26). The van der Waals surface area contributed by atoms with Crippen molar-refractivity contribution in [2.45, 2.75) is 13.3 Å². The number of nitrogens with one attached hydrogen (secondary N) is 4. The van der Waals surface area contributed by atoms with Crippen LogP contribution in [0.3, 0.4) is 0 Å². The second-order valence-electron chi connectivity index (χ2n) is 6.91. The van der Waals surface area contributed by atoms with Crippen LogP contribution in [-0.4, -0.2) is 15.8 Å². The Bertz CT molecular complexity index is 1180. The normalized spacial score (nSPS) is 13.2. The molecule has 28 heavy (non-hydrogen) atoms. The number of hydrazone groups is 1. The van der Waals surface area contributed by atoms with E-state index >= 15 is 0 Å². The molecule has 0 atom stereocenters. The lowest BCUT2D eigenvalue weighted by Crippen LogP contribution is -2.35. The number of rotatable bonds is 4. The van der Waals surface area contributed by atoms with E-state index in [1.54, 1.807) is 0 Å². The van der Waals surface area contributed by atoms with E-state index in [9.17, 15) is 0 Å². The number of hydrogen-bond acceptors (Lipinski definition) is 5. The fourth-order valence-electron chi connectivity index (χ4n) is 3.62. The number of aromatic nitrogens is 2. The Morgan fingerprint density at radius 2 is 1.82 bits per heavy atom. The first kappa shape index (κ1) is 16.5. The second kappa shape index (κ2) is 6.83. The molecule has 6 heteroatoms. The molecule has 138 valence electrons. The van der Waals surface area contributed by atoms with E-state index in [0.29, 0.717) is 5.84 Å². The van der Waals surface area contributed by atoms with Gasteiger partial charge in [0.25, 0.3) is 0 Å². The summed E-state index contributed by atoms with van der Waals surface area (Å²) in [5, 5.41) is 5.38. The van der Waals surface area contributed by atoms with E-state index in [0.717, 1.165) is 29.0 Å². The topological polar surface area (TPSA) is 77.1 Å². The van der Waals surface area contributed by atoms with Gasteiger partial charge in [-0.25, -0.2) is 10.5 Å². The average molecular weight is 368 g/mol. The number of fused-ring (bicyclic) bond motifs is 1. The third-order valence-corrected chi connectivity index (χ3v) is 4.94. The number of H-pyrrole nitrogens is 1. The number of hydrogen-bond donors (Lipinski definition) is 4. The van der Waals surface area contributed by atoms with Crippen LogP contribution in [0.2, 0.25) is 0 Å². The van der Waals surface area contributed by atoms with Crippen LogP contribution in [0.1, 0.15) is 22.5 Å². The van der Waals surface area contributed by atoms with Gasteiger partial charge in [0.1, 0.15) is 5.69 Å². The first-order chi connectivity index (χ1) is 13.8. The van der Waals surface area contributed by atoms with Crippen LogP contribution in [0.15, 0.2) is 71.8 Å². The van der Waals surface area contributed by atoms with E-state index in [4.69, 9.17) is 4.98 Å². The number of hydrazine groups is 2. The molecular formula is C22H20N6. The van der Waals surface area contributed by atoms with Gasteiger partial charge in [0.15, 0.2) is 5.84 Å². The molecular weight excluding hydrogens is 348 g/mol. The summed E-state index contributed by atoms with van der Waals surface area (Å²) in [6.45, 7) is 2.12. The number of aromatic amines is 1. The Morgan fingerprint density at radius 1 is 0.929 bits per heavy atom. The molecule has 0 spiro atoms. The van der Waals surface area contributed by atoms with Crippen LogP contribution >= 0.6 is 0 Å². The van der Waals surface area contributed by atoms with Crippen molar-refractivity contribution in [1.29, 1.82) is 0 Å². The molecule has 1 aliphatic heterocycles. The quantitative estimate of drug-likeness (QED) is 0.445. The summed E-state index contributed by atoms with van der Waals surface area (Å²) in [5.74, 6) is 0.680. The Kier molecular flexibility index (Phi) is 4.03. The zero-order valence-electron chi connectivity index (χ0n) is 15.5. The van der Waals surface area contributed by atoms with Crippen molar-refractivity contribution in [2.75, 3.05) is 0 Å². The molecule has 0 saturated carbocycles. The molecule has 0 aliphatic carbocycles. The van der Waals surface area contributed by atoms with Crippen molar-refractivity contribution in [3.8, 4) is 11.3 Å². The molecule has 3 heterocycles. The maximum Gasteiger partial charge on any atom is 0.189 e. The number of aryl methyl sites for hydroxylation is 1. The molecule has 0 bridgehead atoms. The van der Waals surface area contributed by atoms with Crippen LogP contribution in [-0.2, 0) is 6.42 Å². The van der Waals surface area contributed by atoms with Gasteiger partial charge in [-0.3, -0.25) is 5.43 Å². The summed E-state index contributed by atoms with van der Waals surface area (Å²) in [6.07, 6.45) is 0.731. The minimum Gasteiger partial charge on any atom is -0.354 e. The van der Waals surface area contributed by atoms with Crippen LogP contribution in [0.25, 0.3) is 22.2 Å². The van der Waals surface area contributed by atoms with Gasteiger partial charge in [0.2, 0.25) is 0 Å². The van der Waals surface area contributed by atoms with Gasteiger partial charge in [-0.1, -0.05) is 48.5 Å². The molecule has 0 amide bonds. The van der Waals surface area contributed by atoms with Gasteiger partial charge in [0, 0.05) is 23.0 Å². The SMILES string of the molecule is Cc1ccc2c(Cc3cccc(C4=NNNN4)n3)c(-c3ccccc3)[nH]c2c1. The summed E-state index contributed by atoms with van der Waals surface area (Å²) in [7, 11) is 0. The van der Waals surface area contributed by atoms with Crippen LogP contribution in [0.5, 0.6) is 0 Å². The Morgan fingerprint density at radius 3 is 2.64 bits per heavy atom. The molecule has 0 fully saturated rings. The Hall–Kier alpha value is -3.64. The highest BCUT2D eigenvalue weighted by Crippen LogP contribution is 2.32. The number of benzene rings is 2. The Labute approximate surface area is 162 Å². The lowest BCUT2D eigenvalue weighted by Gasteiger charge is -2.07. The third kappa shape index (κ3) is 3.00. The summed E-state index contributed by atoms with van der Waals surface area (Å²) in [4.78, 5) is 8.43. The zero-order chi connectivity index (χ0) is 18.9. The van der Waals surface area contributed by atoms with Crippen LogP contribution in [0.4, 0.5) is 0 Å². The predicted octanol–water partition coefficient (Wildman–Crippen LogP) is 3.40. The van der Waals surface area contributed by atoms with E-state index < -0.39 is 0 Å². The van der Waals surface area contributed by atoms with Crippen molar-refractivity contribution in [3.05, 3.63) is 89.2 Å². The summed E-state index contributed by atoms with van der Waals surface area (Å²) in [5.41, 5.74) is 16.1. The summed E-state index contributed by atoms with van der Waals surface area (Å²) in [6, 6.07) is 23.0. The average Bonchev–Trinajstić information content (AvgIpc) is 3.37. The number of pyridine rings is 1. The molecule has 4 N–H and O–H groups in total. The smallest absolute Gasteiger partial charge is 0.189 e. The van der Waals surface area contributed by atoms with Gasteiger partial charge in [-0.2, -0.15) is 0 Å².